The molecule has 100 valence electrons. The van der Waals surface area contributed by atoms with Gasteiger partial charge in [-0.25, -0.2) is 8.78 Å². The largest absolute Gasteiger partial charge is 0.396 e. The molecule has 2 atom stereocenters. The van der Waals surface area contributed by atoms with Crippen LogP contribution in [0.3, 0.4) is 0 Å². The Hall–Kier alpha value is -1.00. The number of nitrogens with one attached hydrogen (secondary N) is 1. The molecule has 0 bridgehead atoms. The van der Waals surface area contributed by atoms with Crippen LogP contribution in [0.5, 0.6) is 0 Å². The highest BCUT2D eigenvalue weighted by Gasteiger charge is 2.25. The number of hydrogen-bond donors (Lipinski definition) is 2. The van der Waals surface area contributed by atoms with Crippen molar-refractivity contribution in [2.75, 3.05) is 13.2 Å². The molecule has 1 fully saturated rings. The van der Waals surface area contributed by atoms with E-state index >= 15 is 0 Å². The summed E-state index contributed by atoms with van der Waals surface area (Å²) in [6.07, 6.45) is 3.40. The highest BCUT2D eigenvalue weighted by Crippen LogP contribution is 2.30. The number of hydrogen-bond acceptors (Lipinski definition) is 2. The summed E-state index contributed by atoms with van der Waals surface area (Å²) in [5.41, 5.74) is 0.743. The van der Waals surface area contributed by atoms with Gasteiger partial charge in [0.05, 0.1) is 0 Å². The number of aliphatic hydroxyl groups excluding tert-OH is 1. The van der Waals surface area contributed by atoms with Crippen molar-refractivity contribution >= 4 is 0 Å². The number of aliphatic hydroxyl groups is 1. The van der Waals surface area contributed by atoms with Crippen LogP contribution >= 0.6 is 0 Å². The van der Waals surface area contributed by atoms with Gasteiger partial charge in [-0.05, 0) is 48.9 Å². The predicted octanol–water partition coefficient (Wildman–Crippen LogP) is 2.46. The minimum atomic E-state index is -0.810. The summed E-state index contributed by atoms with van der Waals surface area (Å²) >= 11 is 0. The van der Waals surface area contributed by atoms with Gasteiger partial charge in [0.25, 0.3) is 0 Å². The maximum absolute atomic E-state index is 13.0. The van der Waals surface area contributed by atoms with Crippen LogP contribution < -0.4 is 5.32 Å². The molecule has 0 spiro atoms. The molecule has 1 aromatic rings. The summed E-state index contributed by atoms with van der Waals surface area (Å²) < 4.78 is 25.7. The van der Waals surface area contributed by atoms with E-state index in [1.54, 1.807) is 6.07 Å². The van der Waals surface area contributed by atoms with Gasteiger partial charge in [0.15, 0.2) is 11.6 Å². The van der Waals surface area contributed by atoms with E-state index in [0.717, 1.165) is 31.0 Å². The van der Waals surface area contributed by atoms with Gasteiger partial charge < -0.3 is 10.4 Å². The van der Waals surface area contributed by atoms with E-state index in [2.05, 4.69) is 5.32 Å². The average Bonchev–Trinajstić information content (AvgIpc) is 2.81. The first-order valence-corrected chi connectivity index (χ1v) is 6.46. The van der Waals surface area contributed by atoms with Crippen LogP contribution in [-0.4, -0.2) is 18.3 Å². The van der Waals surface area contributed by atoms with E-state index < -0.39 is 11.6 Å². The fraction of sp³-hybridized carbons (Fsp3) is 0.571. The Bertz CT molecular complexity index is 397. The van der Waals surface area contributed by atoms with Gasteiger partial charge in [-0.2, -0.15) is 0 Å². The Morgan fingerprint density at radius 3 is 2.67 bits per heavy atom. The van der Waals surface area contributed by atoms with Gasteiger partial charge >= 0.3 is 0 Å². The molecule has 1 saturated carbocycles. The Morgan fingerprint density at radius 1 is 1.17 bits per heavy atom. The van der Waals surface area contributed by atoms with Crippen LogP contribution in [0.15, 0.2) is 18.2 Å². The third-order valence-electron chi connectivity index (χ3n) is 3.77. The summed E-state index contributed by atoms with van der Waals surface area (Å²) in [5, 5.41) is 12.5. The zero-order valence-corrected chi connectivity index (χ0v) is 10.3. The van der Waals surface area contributed by atoms with Crippen molar-refractivity contribution in [3.05, 3.63) is 35.4 Å². The number of rotatable bonds is 5. The molecule has 2 nitrogen and oxygen atoms in total. The van der Waals surface area contributed by atoms with Crippen molar-refractivity contribution < 1.29 is 13.9 Å². The van der Waals surface area contributed by atoms with Crippen LogP contribution in [0.2, 0.25) is 0 Å². The molecule has 0 heterocycles. The Balaban J connectivity index is 1.79. The predicted molar refractivity (Wildman–Crippen MR) is 66.0 cm³/mol. The molecular formula is C14H19F2NO. The zero-order valence-electron chi connectivity index (χ0n) is 10.3. The van der Waals surface area contributed by atoms with Crippen molar-refractivity contribution in [2.45, 2.75) is 25.8 Å². The minimum absolute atomic E-state index is 0.248. The molecule has 1 aliphatic carbocycles. The topological polar surface area (TPSA) is 32.3 Å². The van der Waals surface area contributed by atoms with Crippen LogP contribution in [0, 0.1) is 23.5 Å². The smallest absolute Gasteiger partial charge is 0.159 e. The van der Waals surface area contributed by atoms with Crippen molar-refractivity contribution in [3.63, 3.8) is 0 Å². The summed E-state index contributed by atoms with van der Waals surface area (Å²) in [6, 6.07) is 3.96. The molecule has 2 unspecified atom stereocenters. The highest BCUT2D eigenvalue weighted by molar-refractivity contribution is 5.17. The first-order chi connectivity index (χ1) is 8.70. The van der Waals surface area contributed by atoms with Crippen molar-refractivity contribution in [3.8, 4) is 0 Å². The van der Waals surface area contributed by atoms with Crippen molar-refractivity contribution in [1.82, 2.24) is 5.32 Å². The second kappa shape index (κ2) is 6.25. The quantitative estimate of drug-likeness (QED) is 0.847. The molecule has 2 rings (SSSR count). The Morgan fingerprint density at radius 2 is 1.94 bits per heavy atom. The molecule has 0 aromatic heterocycles. The third-order valence-corrected chi connectivity index (χ3v) is 3.77. The van der Waals surface area contributed by atoms with Crippen LogP contribution in [-0.2, 0) is 6.54 Å². The van der Waals surface area contributed by atoms with Crippen molar-refractivity contribution in [1.29, 1.82) is 0 Å². The van der Waals surface area contributed by atoms with Crippen LogP contribution in [0.25, 0.3) is 0 Å². The molecule has 18 heavy (non-hydrogen) atoms. The second-order valence-corrected chi connectivity index (χ2v) is 5.01. The Labute approximate surface area is 106 Å². The van der Waals surface area contributed by atoms with Crippen molar-refractivity contribution in [2.24, 2.45) is 11.8 Å². The van der Waals surface area contributed by atoms with E-state index in [1.165, 1.54) is 12.5 Å². The number of benzene rings is 1. The molecule has 4 heteroatoms. The fourth-order valence-electron chi connectivity index (χ4n) is 2.67. The van der Waals surface area contributed by atoms with E-state index in [1.807, 2.05) is 0 Å². The zero-order chi connectivity index (χ0) is 13.0. The molecular weight excluding hydrogens is 236 g/mol. The van der Waals surface area contributed by atoms with E-state index in [-0.39, 0.29) is 6.61 Å². The fourth-order valence-corrected chi connectivity index (χ4v) is 2.67. The molecule has 0 radical (unpaired) electrons. The van der Waals surface area contributed by atoms with E-state index in [9.17, 15) is 13.9 Å². The molecule has 1 aliphatic rings. The van der Waals surface area contributed by atoms with E-state index in [4.69, 9.17) is 0 Å². The van der Waals surface area contributed by atoms with Crippen LogP contribution in [0.4, 0.5) is 8.78 Å². The standard InChI is InChI=1S/C14H19F2NO/c15-13-5-4-10(6-14(13)16)7-17-8-11-2-1-3-12(11)9-18/h4-6,11-12,17-18H,1-3,7-9H2. The van der Waals surface area contributed by atoms with Gasteiger partial charge in [0.1, 0.15) is 0 Å². The van der Waals surface area contributed by atoms with Gasteiger partial charge in [-0.15, -0.1) is 0 Å². The van der Waals surface area contributed by atoms with Gasteiger partial charge in [0.2, 0.25) is 0 Å². The van der Waals surface area contributed by atoms with Gasteiger partial charge in [0, 0.05) is 13.2 Å². The lowest BCUT2D eigenvalue weighted by atomic mass is 9.97. The second-order valence-electron chi connectivity index (χ2n) is 5.01. The first kappa shape index (κ1) is 13.4. The average molecular weight is 255 g/mol. The monoisotopic (exact) mass is 255 g/mol. The summed E-state index contributed by atoms with van der Waals surface area (Å²) in [4.78, 5) is 0. The normalized spacial score (nSPS) is 23.5. The van der Waals surface area contributed by atoms with Gasteiger partial charge in [-0.1, -0.05) is 12.5 Å². The van der Waals surface area contributed by atoms with E-state index in [0.29, 0.717) is 18.4 Å². The van der Waals surface area contributed by atoms with Crippen LogP contribution in [0.1, 0.15) is 24.8 Å². The molecule has 0 saturated heterocycles. The number of halogens is 2. The minimum Gasteiger partial charge on any atom is -0.396 e. The first-order valence-electron chi connectivity index (χ1n) is 6.46. The summed E-state index contributed by atoms with van der Waals surface area (Å²) in [5.74, 6) is -0.721. The lowest BCUT2D eigenvalue weighted by Gasteiger charge is -2.17. The lowest BCUT2D eigenvalue weighted by molar-refractivity contribution is 0.192. The third kappa shape index (κ3) is 3.27. The molecule has 0 amide bonds. The molecule has 1 aromatic carbocycles. The summed E-state index contributed by atoms with van der Waals surface area (Å²) in [6.45, 7) is 1.60. The molecule has 2 N–H and O–H groups in total. The maximum atomic E-state index is 13.0. The van der Waals surface area contributed by atoms with Gasteiger partial charge in [-0.3, -0.25) is 0 Å². The molecule has 0 aliphatic heterocycles. The highest BCUT2D eigenvalue weighted by atomic mass is 19.2. The Kier molecular flexibility index (Phi) is 4.66. The lowest BCUT2D eigenvalue weighted by Crippen LogP contribution is -2.26. The maximum Gasteiger partial charge on any atom is 0.159 e. The summed E-state index contributed by atoms with van der Waals surface area (Å²) in [7, 11) is 0. The SMILES string of the molecule is OCC1CCCC1CNCc1ccc(F)c(F)c1.